The lowest BCUT2D eigenvalue weighted by atomic mass is 10.1. The number of nitrogens with one attached hydrogen (secondary N) is 2. The van der Waals surface area contributed by atoms with Crippen molar-refractivity contribution in [3.05, 3.63) is 80.4 Å². The third-order valence-corrected chi connectivity index (χ3v) is 4.05. The number of fused-ring (bicyclic) bond motifs is 1. The van der Waals surface area contributed by atoms with Crippen LogP contribution in [0.25, 0.3) is 10.9 Å². The van der Waals surface area contributed by atoms with Gasteiger partial charge in [0, 0.05) is 28.6 Å². The van der Waals surface area contributed by atoms with Gasteiger partial charge in [-0.1, -0.05) is 11.6 Å². The minimum absolute atomic E-state index is 0.0333. The quantitative estimate of drug-likeness (QED) is 0.681. The number of benzene rings is 2. The van der Waals surface area contributed by atoms with Crippen LogP contribution in [-0.2, 0) is 17.8 Å². The van der Waals surface area contributed by atoms with Crippen LogP contribution in [0.4, 0.5) is 13.2 Å². The Hall–Kier alpha value is -2.80. The van der Waals surface area contributed by atoms with Crippen molar-refractivity contribution in [2.75, 3.05) is 0 Å². The van der Waals surface area contributed by atoms with E-state index in [9.17, 15) is 22.8 Å². The van der Waals surface area contributed by atoms with Crippen molar-refractivity contribution in [3.63, 3.8) is 0 Å². The fraction of sp³-hybridized carbons (Fsp3) is 0.111. The number of hydrogen-bond donors (Lipinski definition) is 2. The molecule has 3 rings (SSSR count). The minimum Gasteiger partial charge on any atom is -0.352 e. The fourth-order valence-corrected chi connectivity index (χ4v) is 2.84. The molecule has 1 amide bonds. The number of halogens is 4. The van der Waals surface area contributed by atoms with Crippen LogP contribution in [0.5, 0.6) is 0 Å². The summed E-state index contributed by atoms with van der Waals surface area (Å²) in [5.74, 6) is -4.33. The summed E-state index contributed by atoms with van der Waals surface area (Å²) in [5, 5.41) is 3.55. The number of aromatic nitrogens is 1. The predicted octanol–water partition coefficient (Wildman–Crippen LogP) is 3.46. The molecule has 26 heavy (non-hydrogen) atoms. The highest BCUT2D eigenvalue weighted by Gasteiger charge is 2.17. The van der Waals surface area contributed by atoms with Gasteiger partial charge in [-0.25, -0.2) is 13.2 Å². The zero-order valence-electron chi connectivity index (χ0n) is 13.2. The molecule has 0 radical (unpaired) electrons. The molecule has 2 N–H and O–H groups in total. The average molecular weight is 381 g/mol. The topological polar surface area (TPSA) is 62.0 Å². The molecule has 4 nitrogen and oxygen atoms in total. The Morgan fingerprint density at radius 3 is 2.58 bits per heavy atom. The molecule has 1 aromatic heterocycles. The summed E-state index contributed by atoms with van der Waals surface area (Å²) in [6.45, 7) is -0.0333. The predicted molar refractivity (Wildman–Crippen MR) is 91.4 cm³/mol. The second-order valence-corrected chi connectivity index (χ2v) is 6.06. The van der Waals surface area contributed by atoms with E-state index in [4.69, 9.17) is 11.6 Å². The third kappa shape index (κ3) is 3.72. The highest BCUT2D eigenvalue weighted by molar-refractivity contribution is 6.31. The van der Waals surface area contributed by atoms with Crippen LogP contribution < -0.4 is 10.9 Å². The van der Waals surface area contributed by atoms with E-state index in [1.165, 1.54) is 6.07 Å². The maximum atomic E-state index is 13.6. The molecule has 134 valence electrons. The second-order valence-electron chi connectivity index (χ2n) is 5.63. The van der Waals surface area contributed by atoms with Crippen molar-refractivity contribution < 1.29 is 18.0 Å². The Morgan fingerprint density at radius 2 is 1.81 bits per heavy atom. The molecule has 0 aliphatic rings. The number of aromatic amines is 1. The normalized spacial score (nSPS) is 10.9. The molecule has 8 heteroatoms. The summed E-state index contributed by atoms with van der Waals surface area (Å²) in [4.78, 5) is 26.2. The number of hydrogen-bond acceptors (Lipinski definition) is 2. The van der Waals surface area contributed by atoms with Crippen LogP contribution in [0.3, 0.4) is 0 Å². The Morgan fingerprint density at radius 1 is 1.08 bits per heavy atom. The molecule has 1 heterocycles. The molecule has 2 aromatic carbocycles. The number of carbonyl (C=O) groups excluding carboxylic acids is 1. The number of pyridine rings is 1. The van der Waals surface area contributed by atoms with Crippen LogP contribution in [0.2, 0.25) is 5.02 Å². The molecule has 0 aliphatic heterocycles. The first kappa shape index (κ1) is 18.0. The van der Waals surface area contributed by atoms with Gasteiger partial charge < -0.3 is 10.3 Å². The van der Waals surface area contributed by atoms with Gasteiger partial charge >= 0.3 is 0 Å². The van der Waals surface area contributed by atoms with Gasteiger partial charge in [0.2, 0.25) is 11.5 Å². The van der Waals surface area contributed by atoms with E-state index in [0.29, 0.717) is 27.6 Å². The summed E-state index contributed by atoms with van der Waals surface area (Å²) in [7, 11) is 0. The first-order valence-corrected chi connectivity index (χ1v) is 7.93. The Bertz CT molecular complexity index is 1070. The highest BCUT2D eigenvalue weighted by atomic mass is 35.5. The van der Waals surface area contributed by atoms with Crippen molar-refractivity contribution in [1.29, 1.82) is 0 Å². The van der Waals surface area contributed by atoms with E-state index < -0.39 is 35.3 Å². The molecular weight excluding hydrogens is 369 g/mol. The molecule has 0 bridgehead atoms. The second kappa shape index (κ2) is 7.21. The number of amides is 1. The molecule has 3 aromatic rings. The lowest BCUT2D eigenvalue weighted by Crippen LogP contribution is -2.26. The lowest BCUT2D eigenvalue weighted by molar-refractivity contribution is -0.120. The van der Waals surface area contributed by atoms with Crippen molar-refractivity contribution in [3.8, 4) is 0 Å². The van der Waals surface area contributed by atoms with E-state index >= 15 is 0 Å². The SMILES string of the molecule is O=C(Cc1c(F)ccc(F)c1F)NCc1cc(Cl)cc2ccc(=O)[nH]c12. The molecule has 0 saturated heterocycles. The molecule has 0 fully saturated rings. The first-order valence-electron chi connectivity index (χ1n) is 7.55. The maximum absolute atomic E-state index is 13.6. The summed E-state index contributed by atoms with van der Waals surface area (Å²) in [6.07, 6.45) is -0.662. The summed E-state index contributed by atoms with van der Waals surface area (Å²) >= 11 is 6.02. The smallest absolute Gasteiger partial charge is 0.248 e. The van der Waals surface area contributed by atoms with Gasteiger partial charge in [-0.15, -0.1) is 0 Å². The third-order valence-electron chi connectivity index (χ3n) is 3.83. The molecule has 0 saturated carbocycles. The molecule has 0 unspecified atom stereocenters. The van der Waals surface area contributed by atoms with Crippen molar-refractivity contribution in [2.45, 2.75) is 13.0 Å². The van der Waals surface area contributed by atoms with Crippen LogP contribution >= 0.6 is 11.6 Å². The van der Waals surface area contributed by atoms with Gasteiger partial charge in [-0.2, -0.15) is 0 Å². The van der Waals surface area contributed by atoms with E-state index in [1.54, 1.807) is 18.2 Å². The van der Waals surface area contributed by atoms with E-state index in [0.717, 1.165) is 6.07 Å². The average Bonchev–Trinajstić information content (AvgIpc) is 2.60. The van der Waals surface area contributed by atoms with Crippen molar-refractivity contribution in [1.82, 2.24) is 10.3 Å². The van der Waals surface area contributed by atoms with E-state index in [1.807, 2.05) is 0 Å². The molecule has 0 aliphatic carbocycles. The first-order chi connectivity index (χ1) is 12.3. The van der Waals surface area contributed by atoms with Crippen LogP contribution in [0.1, 0.15) is 11.1 Å². The molecule has 0 spiro atoms. The number of carbonyl (C=O) groups is 1. The van der Waals surface area contributed by atoms with Crippen LogP contribution in [-0.4, -0.2) is 10.9 Å². The Balaban J connectivity index is 1.81. The van der Waals surface area contributed by atoms with Gasteiger partial charge in [-0.3, -0.25) is 9.59 Å². The summed E-state index contributed by atoms with van der Waals surface area (Å²) < 4.78 is 40.5. The van der Waals surface area contributed by atoms with E-state index in [2.05, 4.69) is 10.3 Å². The van der Waals surface area contributed by atoms with Crippen LogP contribution in [0, 0.1) is 17.5 Å². The van der Waals surface area contributed by atoms with Crippen molar-refractivity contribution >= 4 is 28.4 Å². The fourth-order valence-electron chi connectivity index (χ4n) is 2.59. The molecular formula is C18H12ClF3N2O2. The zero-order chi connectivity index (χ0) is 18.8. The largest absolute Gasteiger partial charge is 0.352 e. The Labute approximate surface area is 150 Å². The van der Waals surface area contributed by atoms with E-state index in [-0.39, 0.29) is 12.1 Å². The number of H-pyrrole nitrogens is 1. The monoisotopic (exact) mass is 380 g/mol. The van der Waals surface area contributed by atoms with Gasteiger partial charge in [0.1, 0.15) is 5.82 Å². The van der Waals surface area contributed by atoms with Crippen molar-refractivity contribution in [2.24, 2.45) is 0 Å². The summed E-state index contributed by atoms with van der Waals surface area (Å²) in [6, 6.07) is 7.55. The van der Waals surface area contributed by atoms with Gasteiger partial charge in [0.25, 0.3) is 0 Å². The lowest BCUT2D eigenvalue weighted by Gasteiger charge is -2.10. The highest BCUT2D eigenvalue weighted by Crippen LogP contribution is 2.21. The summed E-state index contributed by atoms with van der Waals surface area (Å²) in [5.41, 5.74) is 0.0483. The Kier molecular flexibility index (Phi) is 4.99. The van der Waals surface area contributed by atoms with Gasteiger partial charge in [-0.05, 0) is 35.9 Å². The van der Waals surface area contributed by atoms with Crippen LogP contribution in [0.15, 0.2) is 41.2 Å². The maximum Gasteiger partial charge on any atom is 0.248 e. The van der Waals surface area contributed by atoms with Gasteiger partial charge in [0.05, 0.1) is 11.9 Å². The minimum atomic E-state index is -1.39. The molecule has 0 atom stereocenters. The number of rotatable bonds is 4. The van der Waals surface area contributed by atoms with Gasteiger partial charge in [0.15, 0.2) is 11.6 Å². The zero-order valence-corrected chi connectivity index (χ0v) is 14.0. The standard InChI is InChI=1S/C18H12ClF3N2O2/c19-11-5-9-1-4-15(25)24-18(9)10(6-11)8-23-16(26)7-12-13(20)2-3-14(21)17(12)22/h1-6H,7-8H2,(H,23,26)(H,24,25).